The Morgan fingerprint density at radius 3 is 2.70 bits per heavy atom. The van der Waals surface area contributed by atoms with Crippen LogP contribution in [0.4, 0.5) is 13.9 Å². The van der Waals surface area contributed by atoms with E-state index in [1.807, 2.05) is 6.26 Å². The molecule has 0 radical (unpaired) electrons. The molecule has 0 atom stereocenters. The van der Waals surface area contributed by atoms with Gasteiger partial charge < -0.3 is 4.42 Å². The number of benzene rings is 1. The summed E-state index contributed by atoms with van der Waals surface area (Å²) in [6.45, 7) is 1.72. The number of nitrogens with zero attached hydrogens (tertiary/aromatic N) is 3. The topological polar surface area (TPSA) is 80.9 Å². The van der Waals surface area contributed by atoms with Crippen molar-refractivity contribution in [3.8, 4) is 22.8 Å². The van der Waals surface area contributed by atoms with Crippen LogP contribution in [0.15, 0.2) is 51.4 Å². The van der Waals surface area contributed by atoms with Gasteiger partial charge in [0.2, 0.25) is 0 Å². The summed E-state index contributed by atoms with van der Waals surface area (Å²) >= 11 is 2.49. The van der Waals surface area contributed by atoms with E-state index >= 15 is 0 Å². The molecule has 0 aliphatic carbocycles. The Kier molecular flexibility index (Phi) is 5.60. The first kappa shape index (κ1) is 20.2. The molecule has 1 aromatic carbocycles. The first-order chi connectivity index (χ1) is 14.5. The summed E-state index contributed by atoms with van der Waals surface area (Å²) < 4.78 is 31.9. The van der Waals surface area contributed by atoms with Crippen LogP contribution >= 0.6 is 23.1 Å². The van der Waals surface area contributed by atoms with E-state index in [0.717, 1.165) is 12.1 Å². The highest BCUT2D eigenvalue weighted by molar-refractivity contribution is 7.98. The molecule has 30 heavy (non-hydrogen) atoms. The van der Waals surface area contributed by atoms with Gasteiger partial charge in [-0.15, -0.1) is 23.1 Å². The highest BCUT2D eigenvalue weighted by Crippen LogP contribution is 2.29. The van der Waals surface area contributed by atoms with Crippen molar-refractivity contribution in [2.45, 2.75) is 11.9 Å². The van der Waals surface area contributed by atoms with Crippen LogP contribution in [0.3, 0.4) is 0 Å². The summed E-state index contributed by atoms with van der Waals surface area (Å²) in [5.41, 5.74) is 1.68. The molecule has 1 N–H and O–H groups in total. The van der Waals surface area contributed by atoms with Crippen LogP contribution < -0.4 is 5.32 Å². The molecule has 1 amide bonds. The lowest BCUT2D eigenvalue weighted by atomic mass is 10.2. The van der Waals surface area contributed by atoms with Crippen LogP contribution in [-0.2, 0) is 0 Å². The van der Waals surface area contributed by atoms with Crippen LogP contribution in [0, 0.1) is 18.6 Å². The minimum Gasteiger partial charge on any atom is -0.461 e. The SMILES string of the molecule is CSc1nc(-c2ccco2)nc(C)c1C(=O)Nc1nc(-c2ccc(F)c(F)c2)cs1. The number of thioether (sulfide) groups is 1. The first-order valence-electron chi connectivity index (χ1n) is 8.65. The van der Waals surface area contributed by atoms with E-state index in [-0.39, 0.29) is 0 Å². The number of nitrogens with one attached hydrogen (secondary N) is 1. The van der Waals surface area contributed by atoms with Crippen molar-refractivity contribution in [3.05, 3.63) is 64.9 Å². The van der Waals surface area contributed by atoms with Gasteiger partial charge in [-0.05, 0) is 43.5 Å². The fourth-order valence-corrected chi connectivity index (χ4v) is 4.09. The number of amides is 1. The van der Waals surface area contributed by atoms with Crippen molar-refractivity contribution in [1.29, 1.82) is 0 Å². The number of hydrogen-bond acceptors (Lipinski definition) is 7. The van der Waals surface area contributed by atoms with Crippen LogP contribution in [0.2, 0.25) is 0 Å². The predicted octanol–water partition coefficient (Wildman–Crippen LogP) is 5.42. The van der Waals surface area contributed by atoms with Crippen molar-refractivity contribution >= 4 is 34.1 Å². The second kappa shape index (κ2) is 8.33. The average molecular weight is 444 g/mol. The van der Waals surface area contributed by atoms with E-state index in [0.29, 0.717) is 44.3 Å². The van der Waals surface area contributed by atoms with Gasteiger partial charge in [0.1, 0.15) is 5.03 Å². The Labute approximate surface area is 178 Å². The molecule has 0 saturated heterocycles. The van der Waals surface area contributed by atoms with Gasteiger partial charge in [-0.1, -0.05) is 0 Å². The Hall–Kier alpha value is -3.11. The van der Waals surface area contributed by atoms with Crippen LogP contribution in [-0.4, -0.2) is 27.1 Å². The standard InChI is InChI=1S/C20H14F2N4O2S2/c1-10-16(19(29-2)25-17(23-10)15-4-3-7-28-15)18(27)26-20-24-14(9-30-20)11-5-6-12(21)13(22)8-11/h3-9H,1-2H3,(H,24,26,27). The number of carbonyl (C=O) groups excluding carboxylic acids is 1. The molecule has 152 valence electrons. The van der Waals surface area contributed by atoms with Crippen LogP contribution in [0.25, 0.3) is 22.8 Å². The van der Waals surface area contributed by atoms with E-state index in [9.17, 15) is 13.6 Å². The number of furan rings is 1. The van der Waals surface area contributed by atoms with E-state index in [1.54, 1.807) is 24.4 Å². The normalized spacial score (nSPS) is 10.9. The zero-order valence-corrected chi connectivity index (χ0v) is 17.4. The maximum atomic E-state index is 13.5. The lowest BCUT2D eigenvalue weighted by Gasteiger charge is -2.10. The quantitative estimate of drug-likeness (QED) is 0.327. The Morgan fingerprint density at radius 2 is 2.00 bits per heavy atom. The Morgan fingerprint density at radius 1 is 1.17 bits per heavy atom. The molecule has 4 aromatic rings. The minimum absolute atomic E-state index is 0.321. The molecule has 6 nitrogen and oxygen atoms in total. The molecule has 3 heterocycles. The van der Waals surface area contributed by atoms with Crippen LogP contribution in [0.5, 0.6) is 0 Å². The zero-order chi connectivity index (χ0) is 21.3. The van der Waals surface area contributed by atoms with E-state index in [2.05, 4.69) is 20.3 Å². The number of carbonyl (C=O) groups is 1. The number of rotatable bonds is 5. The predicted molar refractivity (Wildman–Crippen MR) is 112 cm³/mol. The van der Waals surface area contributed by atoms with Gasteiger partial charge in [0.25, 0.3) is 5.91 Å². The number of aryl methyl sites for hydroxylation is 1. The molecule has 10 heteroatoms. The zero-order valence-electron chi connectivity index (χ0n) is 15.8. The number of anilines is 1. The van der Waals surface area contributed by atoms with Crippen molar-refractivity contribution in [1.82, 2.24) is 15.0 Å². The third-order valence-electron chi connectivity index (χ3n) is 4.16. The average Bonchev–Trinajstić information content (AvgIpc) is 3.41. The second-order valence-corrected chi connectivity index (χ2v) is 7.77. The summed E-state index contributed by atoms with van der Waals surface area (Å²) in [4.78, 5) is 26.0. The summed E-state index contributed by atoms with van der Waals surface area (Å²) in [5, 5.41) is 5.21. The lowest BCUT2D eigenvalue weighted by Crippen LogP contribution is -2.16. The number of aromatic nitrogens is 3. The maximum Gasteiger partial charge on any atom is 0.262 e. The summed E-state index contributed by atoms with van der Waals surface area (Å²) in [7, 11) is 0. The maximum absolute atomic E-state index is 13.5. The van der Waals surface area contributed by atoms with Gasteiger partial charge >= 0.3 is 0 Å². The van der Waals surface area contributed by atoms with Gasteiger partial charge in [-0.3, -0.25) is 10.1 Å². The van der Waals surface area contributed by atoms with Crippen molar-refractivity contribution in [3.63, 3.8) is 0 Å². The van der Waals surface area contributed by atoms with Gasteiger partial charge in [-0.2, -0.15) is 0 Å². The molecule has 0 spiro atoms. The highest BCUT2D eigenvalue weighted by atomic mass is 32.2. The molecule has 0 bridgehead atoms. The van der Waals surface area contributed by atoms with Crippen molar-refractivity contribution in [2.75, 3.05) is 11.6 Å². The summed E-state index contributed by atoms with van der Waals surface area (Å²) in [5.74, 6) is -1.39. The van der Waals surface area contributed by atoms with Crippen molar-refractivity contribution in [2.24, 2.45) is 0 Å². The number of hydrogen-bond donors (Lipinski definition) is 1. The second-order valence-electron chi connectivity index (χ2n) is 6.12. The van der Waals surface area contributed by atoms with E-state index < -0.39 is 17.5 Å². The van der Waals surface area contributed by atoms with Gasteiger partial charge in [-0.25, -0.2) is 23.7 Å². The van der Waals surface area contributed by atoms with Gasteiger partial charge in [0.15, 0.2) is 28.4 Å². The van der Waals surface area contributed by atoms with Crippen molar-refractivity contribution < 1.29 is 18.0 Å². The van der Waals surface area contributed by atoms with Gasteiger partial charge in [0, 0.05) is 10.9 Å². The number of thiazole rings is 1. The highest BCUT2D eigenvalue weighted by Gasteiger charge is 2.21. The molecule has 0 aliphatic heterocycles. The fourth-order valence-electron chi connectivity index (χ4n) is 2.75. The largest absolute Gasteiger partial charge is 0.461 e. The third-order valence-corrected chi connectivity index (χ3v) is 5.60. The Bertz CT molecular complexity index is 1230. The first-order valence-corrected chi connectivity index (χ1v) is 10.8. The molecule has 0 aliphatic rings. The third kappa shape index (κ3) is 3.96. The summed E-state index contributed by atoms with van der Waals surface area (Å²) in [6.07, 6.45) is 3.34. The van der Waals surface area contributed by atoms with Gasteiger partial charge in [0.05, 0.1) is 23.2 Å². The smallest absolute Gasteiger partial charge is 0.262 e. The summed E-state index contributed by atoms with van der Waals surface area (Å²) in [6, 6.07) is 7.01. The lowest BCUT2D eigenvalue weighted by molar-refractivity contribution is 0.102. The molecule has 0 unspecified atom stereocenters. The molecular formula is C20H14F2N4O2S2. The van der Waals surface area contributed by atoms with Crippen LogP contribution in [0.1, 0.15) is 16.1 Å². The fraction of sp³-hybridized carbons (Fsp3) is 0.100. The monoisotopic (exact) mass is 444 g/mol. The molecule has 4 rings (SSSR count). The molecule has 3 aromatic heterocycles. The number of halogens is 2. The Balaban J connectivity index is 1.60. The molecular weight excluding hydrogens is 430 g/mol. The van der Waals surface area contributed by atoms with E-state index in [4.69, 9.17) is 4.42 Å². The van der Waals surface area contributed by atoms with E-state index in [1.165, 1.54) is 35.4 Å². The minimum atomic E-state index is -0.958. The molecule has 0 saturated carbocycles. The molecule has 0 fully saturated rings.